The zero-order valence-corrected chi connectivity index (χ0v) is 15.0. The molecule has 24 heavy (non-hydrogen) atoms. The highest BCUT2D eigenvalue weighted by molar-refractivity contribution is 7.91. The lowest BCUT2D eigenvalue weighted by Crippen LogP contribution is -2.33. The minimum atomic E-state index is -2.92. The van der Waals surface area contributed by atoms with Crippen LogP contribution in [0.5, 0.6) is 0 Å². The molecule has 0 bridgehead atoms. The fourth-order valence-electron chi connectivity index (χ4n) is 2.89. The molecule has 7 heteroatoms. The van der Waals surface area contributed by atoms with Crippen molar-refractivity contribution in [1.29, 1.82) is 0 Å². The van der Waals surface area contributed by atoms with Crippen molar-refractivity contribution >= 4 is 27.3 Å². The molecule has 1 saturated heterocycles. The highest BCUT2D eigenvalue weighted by atomic mass is 32.2. The molecule has 1 N–H and O–H groups in total. The van der Waals surface area contributed by atoms with E-state index in [-0.39, 0.29) is 17.5 Å². The van der Waals surface area contributed by atoms with E-state index in [1.165, 1.54) is 0 Å². The largest absolute Gasteiger partial charge is 0.355 e. The lowest BCUT2D eigenvalue weighted by atomic mass is 10.2. The Morgan fingerprint density at radius 2 is 1.96 bits per heavy atom. The molecule has 2 aromatic rings. The van der Waals surface area contributed by atoms with Crippen molar-refractivity contribution < 1.29 is 8.42 Å². The Kier molecular flexibility index (Phi) is 4.45. The fourth-order valence-corrected chi connectivity index (χ4v) is 4.66. The van der Waals surface area contributed by atoms with E-state index in [4.69, 9.17) is 0 Å². The maximum atomic E-state index is 11.7. The number of aryl methyl sites for hydroxylation is 2. The molecule has 2 heterocycles. The third-order valence-corrected chi connectivity index (χ3v) is 6.10. The van der Waals surface area contributed by atoms with Crippen LogP contribution in [0, 0.1) is 13.8 Å². The average molecular weight is 346 g/mol. The number of nitrogens with zero attached hydrogens (tertiary/aromatic N) is 3. The lowest BCUT2D eigenvalue weighted by molar-refractivity contribution is 0.600. The minimum Gasteiger partial charge on any atom is -0.355 e. The minimum absolute atomic E-state index is 0.0318. The molecule has 0 aliphatic carbocycles. The van der Waals surface area contributed by atoms with Gasteiger partial charge in [-0.2, -0.15) is 4.98 Å². The van der Waals surface area contributed by atoms with Gasteiger partial charge in [0.25, 0.3) is 0 Å². The molecule has 0 spiro atoms. The van der Waals surface area contributed by atoms with Crippen LogP contribution in [-0.4, -0.2) is 43.0 Å². The number of rotatable bonds is 4. The molecule has 0 amide bonds. The van der Waals surface area contributed by atoms with E-state index in [1.54, 1.807) is 0 Å². The number of hydrogen-bond acceptors (Lipinski definition) is 6. The molecule has 6 nitrogen and oxygen atoms in total. The summed E-state index contributed by atoms with van der Waals surface area (Å²) in [5.74, 6) is 1.70. The molecule has 0 radical (unpaired) electrons. The molecular formula is C17H22N4O2S. The SMILES string of the molecule is Cc1cc(N(C)C2CCS(=O)(=O)C2)nc(Nc2ccccc2C)n1. The number of sulfone groups is 1. The smallest absolute Gasteiger partial charge is 0.229 e. The molecule has 1 aromatic carbocycles. The van der Waals surface area contributed by atoms with Crippen molar-refractivity contribution in [2.45, 2.75) is 26.3 Å². The number of anilines is 3. The monoisotopic (exact) mass is 346 g/mol. The molecule has 1 aliphatic heterocycles. The van der Waals surface area contributed by atoms with Gasteiger partial charge >= 0.3 is 0 Å². The van der Waals surface area contributed by atoms with Gasteiger partial charge < -0.3 is 10.2 Å². The fraction of sp³-hybridized carbons (Fsp3) is 0.412. The van der Waals surface area contributed by atoms with E-state index in [0.29, 0.717) is 12.4 Å². The summed E-state index contributed by atoms with van der Waals surface area (Å²) in [6, 6.07) is 9.80. The van der Waals surface area contributed by atoms with Crippen LogP contribution in [0.2, 0.25) is 0 Å². The second-order valence-corrected chi connectivity index (χ2v) is 8.53. The zero-order valence-electron chi connectivity index (χ0n) is 14.2. The third-order valence-electron chi connectivity index (χ3n) is 4.35. The van der Waals surface area contributed by atoms with Crippen molar-refractivity contribution in [2.75, 3.05) is 28.8 Å². The predicted molar refractivity (Wildman–Crippen MR) is 96.7 cm³/mol. The highest BCUT2D eigenvalue weighted by Crippen LogP contribution is 2.24. The highest BCUT2D eigenvalue weighted by Gasteiger charge is 2.31. The van der Waals surface area contributed by atoms with Gasteiger partial charge in [-0.1, -0.05) is 18.2 Å². The molecule has 1 aliphatic rings. The Morgan fingerprint density at radius 1 is 1.21 bits per heavy atom. The summed E-state index contributed by atoms with van der Waals surface area (Å²) in [6.07, 6.45) is 0.641. The summed E-state index contributed by atoms with van der Waals surface area (Å²) >= 11 is 0. The van der Waals surface area contributed by atoms with Crippen LogP contribution in [0.3, 0.4) is 0 Å². The topological polar surface area (TPSA) is 75.2 Å². The van der Waals surface area contributed by atoms with Gasteiger partial charge in [0.1, 0.15) is 5.82 Å². The molecule has 128 valence electrons. The molecule has 1 aromatic heterocycles. The number of hydrogen-bond donors (Lipinski definition) is 1. The van der Waals surface area contributed by atoms with Crippen LogP contribution in [0.4, 0.5) is 17.5 Å². The number of aromatic nitrogens is 2. The van der Waals surface area contributed by atoms with E-state index in [1.807, 2.05) is 56.1 Å². The summed E-state index contributed by atoms with van der Waals surface area (Å²) in [6.45, 7) is 3.93. The van der Waals surface area contributed by atoms with Gasteiger partial charge in [-0.15, -0.1) is 0 Å². The van der Waals surface area contributed by atoms with Crippen molar-refractivity contribution in [2.24, 2.45) is 0 Å². The van der Waals surface area contributed by atoms with Crippen molar-refractivity contribution in [1.82, 2.24) is 9.97 Å². The lowest BCUT2D eigenvalue weighted by Gasteiger charge is -2.25. The van der Waals surface area contributed by atoms with Gasteiger partial charge in [0.05, 0.1) is 11.5 Å². The Hall–Kier alpha value is -2.15. The molecule has 1 atom stereocenters. The first kappa shape index (κ1) is 16.7. The zero-order chi connectivity index (χ0) is 17.3. The first-order valence-corrected chi connectivity index (χ1v) is 9.78. The van der Waals surface area contributed by atoms with Gasteiger partial charge in [0, 0.05) is 30.5 Å². The number of para-hydroxylation sites is 1. The summed E-state index contributed by atoms with van der Waals surface area (Å²) < 4.78 is 23.4. The first-order chi connectivity index (χ1) is 11.3. The Labute approximate surface area is 142 Å². The molecular weight excluding hydrogens is 324 g/mol. The standard InChI is InChI=1S/C17H22N4O2S/c1-12-6-4-5-7-15(12)19-17-18-13(2)10-16(20-17)21(3)14-8-9-24(22,23)11-14/h4-7,10,14H,8-9,11H2,1-3H3,(H,18,19,20). The molecule has 1 unspecified atom stereocenters. The second-order valence-electron chi connectivity index (χ2n) is 6.30. The van der Waals surface area contributed by atoms with Crippen molar-refractivity contribution in [3.8, 4) is 0 Å². The van der Waals surface area contributed by atoms with E-state index in [2.05, 4.69) is 15.3 Å². The van der Waals surface area contributed by atoms with Crippen LogP contribution < -0.4 is 10.2 Å². The van der Waals surface area contributed by atoms with Crippen molar-refractivity contribution in [3.63, 3.8) is 0 Å². The predicted octanol–water partition coefficient (Wildman–Crippen LogP) is 2.46. The Morgan fingerprint density at radius 3 is 2.62 bits per heavy atom. The Bertz CT molecular complexity index is 851. The number of nitrogens with one attached hydrogen (secondary N) is 1. The summed E-state index contributed by atoms with van der Waals surface area (Å²) in [5, 5.41) is 3.25. The average Bonchev–Trinajstić information content (AvgIpc) is 2.88. The maximum absolute atomic E-state index is 11.7. The quantitative estimate of drug-likeness (QED) is 0.916. The van der Waals surface area contributed by atoms with Crippen LogP contribution in [-0.2, 0) is 9.84 Å². The van der Waals surface area contributed by atoms with Gasteiger partial charge in [-0.25, -0.2) is 13.4 Å². The third kappa shape index (κ3) is 3.67. The van der Waals surface area contributed by atoms with Gasteiger partial charge in [-0.05, 0) is 31.9 Å². The normalized spacial score (nSPS) is 19.2. The van der Waals surface area contributed by atoms with E-state index in [0.717, 1.165) is 22.8 Å². The van der Waals surface area contributed by atoms with E-state index >= 15 is 0 Å². The van der Waals surface area contributed by atoms with Gasteiger partial charge in [0.15, 0.2) is 9.84 Å². The van der Waals surface area contributed by atoms with E-state index in [9.17, 15) is 8.42 Å². The molecule has 3 rings (SSSR count). The molecule has 1 fully saturated rings. The summed E-state index contributed by atoms with van der Waals surface area (Å²) in [4.78, 5) is 11.0. The van der Waals surface area contributed by atoms with Crippen LogP contribution >= 0.6 is 0 Å². The van der Waals surface area contributed by atoms with Gasteiger partial charge in [-0.3, -0.25) is 0 Å². The van der Waals surface area contributed by atoms with Crippen LogP contribution in [0.25, 0.3) is 0 Å². The van der Waals surface area contributed by atoms with Crippen LogP contribution in [0.1, 0.15) is 17.7 Å². The van der Waals surface area contributed by atoms with Gasteiger partial charge in [0.2, 0.25) is 5.95 Å². The number of benzene rings is 1. The summed E-state index contributed by atoms with van der Waals surface area (Å²) in [7, 11) is -1.03. The molecule has 0 saturated carbocycles. The van der Waals surface area contributed by atoms with Crippen molar-refractivity contribution in [3.05, 3.63) is 41.6 Å². The first-order valence-electron chi connectivity index (χ1n) is 7.96. The maximum Gasteiger partial charge on any atom is 0.229 e. The van der Waals surface area contributed by atoms with Crippen LogP contribution in [0.15, 0.2) is 30.3 Å². The second kappa shape index (κ2) is 6.39. The van der Waals surface area contributed by atoms with E-state index < -0.39 is 9.84 Å². The summed E-state index contributed by atoms with van der Waals surface area (Å²) in [5.41, 5.74) is 2.91. The Balaban J connectivity index is 1.85.